The average Bonchev–Trinajstić information content (AvgIpc) is 2.68. The Morgan fingerprint density at radius 1 is 1.19 bits per heavy atom. The van der Waals surface area contributed by atoms with Gasteiger partial charge in [0.2, 0.25) is 0 Å². The number of likely N-dealkylation sites (N-methyl/N-ethyl adjacent to an activating group) is 1. The second kappa shape index (κ2) is 8.41. The normalized spacial score (nSPS) is 21.4. The Morgan fingerprint density at radius 3 is 2.56 bits per heavy atom. The van der Waals surface area contributed by atoms with Gasteiger partial charge >= 0.3 is 12.0 Å². The van der Waals surface area contributed by atoms with Gasteiger partial charge in [0.25, 0.3) is 0 Å². The van der Waals surface area contributed by atoms with Crippen molar-refractivity contribution >= 4 is 12.0 Å². The Bertz CT molecular complexity index is 741. The molecule has 1 saturated heterocycles. The number of nitrogens with one attached hydrogen (secondary N) is 2. The van der Waals surface area contributed by atoms with Crippen molar-refractivity contribution in [3.8, 4) is 5.75 Å². The number of ether oxygens (including phenoxy) is 2. The predicted octanol–water partition coefficient (Wildman–Crippen LogP) is 0.724. The van der Waals surface area contributed by atoms with E-state index in [0.717, 1.165) is 26.2 Å². The lowest BCUT2D eigenvalue weighted by Gasteiger charge is -2.35. The average molecular weight is 374 g/mol. The number of urea groups is 1. The van der Waals surface area contributed by atoms with Gasteiger partial charge in [-0.05, 0) is 13.1 Å². The summed E-state index contributed by atoms with van der Waals surface area (Å²) in [4.78, 5) is 29.4. The van der Waals surface area contributed by atoms with Crippen LogP contribution in [-0.2, 0) is 9.53 Å². The van der Waals surface area contributed by atoms with E-state index in [2.05, 4.69) is 27.5 Å². The van der Waals surface area contributed by atoms with E-state index in [1.807, 2.05) is 18.2 Å². The lowest BCUT2D eigenvalue weighted by Crippen LogP contribution is -2.51. The molecule has 0 bridgehead atoms. The molecule has 0 radical (unpaired) electrons. The summed E-state index contributed by atoms with van der Waals surface area (Å²) in [6.45, 7) is 4.12. The van der Waals surface area contributed by atoms with Crippen molar-refractivity contribution in [1.82, 2.24) is 20.4 Å². The highest BCUT2D eigenvalue weighted by molar-refractivity contribution is 5.95. The number of piperazine rings is 1. The molecule has 1 atom stereocenters. The number of carbonyl (C=O) groups excluding carboxylic acids is 2. The summed E-state index contributed by atoms with van der Waals surface area (Å²) < 4.78 is 10.5. The number of amides is 2. The summed E-state index contributed by atoms with van der Waals surface area (Å²) in [5, 5.41) is 5.64. The van der Waals surface area contributed by atoms with Crippen LogP contribution in [0.15, 0.2) is 35.5 Å². The molecule has 8 heteroatoms. The molecule has 0 unspecified atom stereocenters. The largest absolute Gasteiger partial charge is 0.496 e. The zero-order valence-corrected chi connectivity index (χ0v) is 15.9. The predicted molar refractivity (Wildman–Crippen MR) is 100 cm³/mol. The zero-order chi connectivity index (χ0) is 19.4. The van der Waals surface area contributed by atoms with Crippen LogP contribution in [0.25, 0.3) is 0 Å². The molecule has 0 spiro atoms. The third-order valence-corrected chi connectivity index (χ3v) is 4.99. The summed E-state index contributed by atoms with van der Waals surface area (Å²) >= 11 is 0. The van der Waals surface area contributed by atoms with Crippen LogP contribution in [0, 0.1) is 0 Å². The molecule has 3 rings (SSSR count). The Kier molecular flexibility index (Phi) is 5.98. The minimum Gasteiger partial charge on any atom is -0.496 e. The Labute approximate surface area is 159 Å². The summed E-state index contributed by atoms with van der Waals surface area (Å²) in [7, 11) is 4.99. The van der Waals surface area contributed by atoms with Crippen LogP contribution < -0.4 is 15.4 Å². The number of carbonyl (C=O) groups is 2. The number of para-hydroxylation sites is 1. The second-order valence-corrected chi connectivity index (χ2v) is 6.74. The van der Waals surface area contributed by atoms with Gasteiger partial charge in [-0.15, -0.1) is 0 Å². The first-order chi connectivity index (χ1) is 13.0. The summed E-state index contributed by atoms with van der Waals surface area (Å²) in [5.41, 5.74) is 1.69. The standard InChI is InChI=1S/C19H26N4O4/c1-22-8-10-23(11-9-22)12-14-16(18(24)27-3)17(21-19(25)20-14)13-6-4-5-7-15(13)26-2/h4-7,17H,8-12H2,1-3H3,(H2,20,21,25)/t17-/m1/s1. The molecule has 2 aliphatic heterocycles. The monoisotopic (exact) mass is 374 g/mol. The Morgan fingerprint density at radius 2 is 1.89 bits per heavy atom. The number of esters is 1. The first-order valence-corrected chi connectivity index (χ1v) is 8.96. The van der Waals surface area contributed by atoms with Gasteiger partial charge in [0.15, 0.2) is 0 Å². The van der Waals surface area contributed by atoms with Crippen molar-refractivity contribution in [2.45, 2.75) is 6.04 Å². The zero-order valence-electron chi connectivity index (χ0n) is 15.9. The fourth-order valence-electron chi connectivity index (χ4n) is 3.46. The third kappa shape index (κ3) is 4.23. The van der Waals surface area contributed by atoms with E-state index in [9.17, 15) is 9.59 Å². The Balaban J connectivity index is 1.98. The molecule has 1 fully saturated rings. The maximum Gasteiger partial charge on any atom is 0.338 e. The maximum atomic E-state index is 12.6. The number of nitrogens with zero attached hydrogens (tertiary/aromatic N) is 2. The number of methoxy groups -OCH3 is 2. The molecule has 8 nitrogen and oxygen atoms in total. The van der Waals surface area contributed by atoms with E-state index in [4.69, 9.17) is 9.47 Å². The van der Waals surface area contributed by atoms with E-state index >= 15 is 0 Å². The molecule has 2 aliphatic rings. The van der Waals surface area contributed by atoms with Crippen LogP contribution in [0.2, 0.25) is 0 Å². The summed E-state index contributed by atoms with van der Waals surface area (Å²) in [5.74, 6) is 0.132. The van der Waals surface area contributed by atoms with Crippen molar-refractivity contribution in [3.63, 3.8) is 0 Å². The smallest absolute Gasteiger partial charge is 0.338 e. The molecular formula is C19H26N4O4. The molecule has 27 heavy (non-hydrogen) atoms. The van der Waals surface area contributed by atoms with Crippen molar-refractivity contribution < 1.29 is 19.1 Å². The van der Waals surface area contributed by atoms with Gasteiger partial charge in [0, 0.05) is 44.0 Å². The van der Waals surface area contributed by atoms with Gasteiger partial charge in [0.1, 0.15) is 5.75 Å². The third-order valence-electron chi connectivity index (χ3n) is 4.99. The van der Waals surface area contributed by atoms with E-state index in [1.165, 1.54) is 7.11 Å². The molecule has 1 aromatic carbocycles. The van der Waals surface area contributed by atoms with E-state index < -0.39 is 12.0 Å². The number of hydrogen-bond donors (Lipinski definition) is 2. The molecule has 0 aliphatic carbocycles. The number of benzene rings is 1. The topological polar surface area (TPSA) is 83.1 Å². The highest BCUT2D eigenvalue weighted by atomic mass is 16.5. The molecule has 0 aromatic heterocycles. The highest BCUT2D eigenvalue weighted by Crippen LogP contribution is 2.33. The van der Waals surface area contributed by atoms with Crippen LogP contribution in [-0.4, -0.2) is 75.8 Å². The van der Waals surface area contributed by atoms with Gasteiger partial charge < -0.3 is 25.0 Å². The molecule has 0 saturated carbocycles. The van der Waals surface area contributed by atoms with Gasteiger partial charge in [-0.25, -0.2) is 9.59 Å². The van der Waals surface area contributed by atoms with E-state index in [1.54, 1.807) is 13.2 Å². The van der Waals surface area contributed by atoms with Gasteiger partial charge in [-0.3, -0.25) is 4.90 Å². The quantitative estimate of drug-likeness (QED) is 0.739. The van der Waals surface area contributed by atoms with Crippen molar-refractivity contribution in [2.75, 3.05) is 54.0 Å². The van der Waals surface area contributed by atoms with Crippen molar-refractivity contribution in [2.24, 2.45) is 0 Å². The van der Waals surface area contributed by atoms with Crippen LogP contribution >= 0.6 is 0 Å². The Hall–Kier alpha value is -2.58. The minimum atomic E-state index is -0.634. The first-order valence-electron chi connectivity index (χ1n) is 8.96. The highest BCUT2D eigenvalue weighted by Gasteiger charge is 2.35. The second-order valence-electron chi connectivity index (χ2n) is 6.74. The summed E-state index contributed by atoms with van der Waals surface area (Å²) in [6, 6.07) is 6.36. The van der Waals surface area contributed by atoms with Gasteiger partial charge in [0.05, 0.1) is 25.8 Å². The first kappa shape index (κ1) is 19.2. The molecular weight excluding hydrogens is 348 g/mol. The van der Waals surface area contributed by atoms with E-state index in [-0.39, 0.29) is 6.03 Å². The lowest BCUT2D eigenvalue weighted by atomic mass is 9.94. The van der Waals surface area contributed by atoms with Crippen LogP contribution in [0.3, 0.4) is 0 Å². The van der Waals surface area contributed by atoms with Crippen LogP contribution in [0.1, 0.15) is 11.6 Å². The van der Waals surface area contributed by atoms with E-state index in [0.29, 0.717) is 29.1 Å². The van der Waals surface area contributed by atoms with Crippen molar-refractivity contribution in [3.05, 3.63) is 41.1 Å². The molecule has 146 valence electrons. The lowest BCUT2D eigenvalue weighted by molar-refractivity contribution is -0.136. The SMILES string of the molecule is COC(=O)C1=C(CN2CCN(C)CC2)NC(=O)N[C@@H]1c1ccccc1OC. The van der Waals surface area contributed by atoms with Crippen LogP contribution in [0.5, 0.6) is 5.75 Å². The number of hydrogen-bond acceptors (Lipinski definition) is 6. The molecule has 2 amide bonds. The fraction of sp³-hybridized carbons (Fsp3) is 0.474. The van der Waals surface area contributed by atoms with Gasteiger partial charge in [-0.1, -0.05) is 18.2 Å². The summed E-state index contributed by atoms with van der Waals surface area (Å²) in [6.07, 6.45) is 0. The van der Waals surface area contributed by atoms with Crippen molar-refractivity contribution in [1.29, 1.82) is 0 Å². The molecule has 2 heterocycles. The number of rotatable bonds is 5. The maximum absolute atomic E-state index is 12.6. The minimum absolute atomic E-state index is 0.345. The fourth-order valence-corrected chi connectivity index (χ4v) is 3.46. The molecule has 1 aromatic rings. The van der Waals surface area contributed by atoms with Crippen LogP contribution in [0.4, 0.5) is 4.79 Å². The molecule has 2 N–H and O–H groups in total. The van der Waals surface area contributed by atoms with Gasteiger partial charge in [-0.2, -0.15) is 0 Å².